The Morgan fingerprint density at radius 1 is 1.56 bits per heavy atom. The first-order chi connectivity index (χ1) is 7.38. The van der Waals surface area contributed by atoms with Gasteiger partial charge in [-0.15, -0.1) is 10.2 Å². The van der Waals surface area contributed by atoms with Crippen LogP contribution in [0, 0.1) is 0 Å². The van der Waals surface area contributed by atoms with Crippen LogP contribution in [-0.2, 0) is 7.05 Å². The SMILES string of the molecule is Cn1cnnc1SCC(O)CNC(C)(C)C. The van der Waals surface area contributed by atoms with Gasteiger partial charge in [-0.25, -0.2) is 0 Å². The van der Waals surface area contributed by atoms with Crippen LogP contribution in [-0.4, -0.2) is 43.8 Å². The summed E-state index contributed by atoms with van der Waals surface area (Å²) >= 11 is 1.51. The zero-order chi connectivity index (χ0) is 12.2. The minimum Gasteiger partial charge on any atom is -0.391 e. The zero-order valence-electron chi connectivity index (χ0n) is 10.3. The molecule has 0 amide bonds. The largest absolute Gasteiger partial charge is 0.391 e. The number of nitrogens with one attached hydrogen (secondary N) is 1. The highest BCUT2D eigenvalue weighted by Crippen LogP contribution is 2.14. The van der Waals surface area contributed by atoms with E-state index in [2.05, 4.69) is 36.3 Å². The van der Waals surface area contributed by atoms with Gasteiger partial charge in [0.25, 0.3) is 0 Å². The molecule has 2 N–H and O–H groups in total. The van der Waals surface area contributed by atoms with Gasteiger partial charge in [0.2, 0.25) is 0 Å². The Hall–Kier alpha value is -0.590. The smallest absolute Gasteiger partial charge is 0.190 e. The van der Waals surface area contributed by atoms with Crippen molar-refractivity contribution in [3.05, 3.63) is 6.33 Å². The summed E-state index contributed by atoms with van der Waals surface area (Å²) in [6.07, 6.45) is 1.28. The van der Waals surface area contributed by atoms with E-state index in [0.717, 1.165) is 5.16 Å². The fourth-order valence-electron chi connectivity index (χ4n) is 1.06. The first kappa shape index (κ1) is 13.5. The Morgan fingerprint density at radius 2 is 2.25 bits per heavy atom. The number of aliphatic hydroxyl groups excluding tert-OH is 1. The van der Waals surface area contributed by atoms with Gasteiger partial charge >= 0.3 is 0 Å². The maximum absolute atomic E-state index is 9.76. The van der Waals surface area contributed by atoms with Crippen LogP contribution in [0.15, 0.2) is 11.5 Å². The van der Waals surface area contributed by atoms with E-state index >= 15 is 0 Å². The highest BCUT2D eigenvalue weighted by atomic mass is 32.2. The fourth-order valence-corrected chi connectivity index (χ4v) is 1.87. The molecule has 6 heteroatoms. The Bertz CT molecular complexity index is 321. The maximum atomic E-state index is 9.76. The molecule has 0 aliphatic rings. The van der Waals surface area contributed by atoms with E-state index in [1.54, 1.807) is 6.33 Å². The third kappa shape index (κ3) is 4.96. The molecule has 1 aromatic rings. The number of aliphatic hydroxyl groups is 1. The zero-order valence-corrected chi connectivity index (χ0v) is 11.1. The Kier molecular flexibility index (Phi) is 4.76. The number of hydrogen-bond acceptors (Lipinski definition) is 5. The second kappa shape index (κ2) is 5.65. The molecule has 0 aliphatic heterocycles. The van der Waals surface area contributed by atoms with Crippen molar-refractivity contribution in [2.75, 3.05) is 12.3 Å². The Labute approximate surface area is 101 Å². The van der Waals surface area contributed by atoms with Gasteiger partial charge in [-0.2, -0.15) is 0 Å². The molecule has 5 nitrogen and oxygen atoms in total. The van der Waals surface area contributed by atoms with E-state index in [1.165, 1.54) is 11.8 Å². The van der Waals surface area contributed by atoms with Crippen molar-refractivity contribution < 1.29 is 5.11 Å². The lowest BCUT2D eigenvalue weighted by Gasteiger charge is -2.22. The molecule has 0 saturated carbocycles. The molecule has 1 heterocycles. The number of aryl methyl sites for hydroxylation is 1. The molecule has 1 atom stereocenters. The van der Waals surface area contributed by atoms with E-state index in [0.29, 0.717) is 12.3 Å². The van der Waals surface area contributed by atoms with Gasteiger partial charge in [-0.3, -0.25) is 0 Å². The summed E-state index contributed by atoms with van der Waals surface area (Å²) in [6, 6.07) is 0. The summed E-state index contributed by atoms with van der Waals surface area (Å²) in [7, 11) is 1.89. The van der Waals surface area contributed by atoms with E-state index in [-0.39, 0.29) is 11.6 Å². The molecular formula is C10H20N4OS. The van der Waals surface area contributed by atoms with Crippen LogP contribution >= 0.6 is 11.8 Å². The Balaban J connectivity index is 2.25. The Morgan fingerprint density at radius 3 is 2.75 bits per heavy atom. The molecule has 16 heavy (non-hydrogen) atoms. The van der Waals surface area contributed by atoms with Crippen LogP contribution in [0.3, 0.4) is 0 Å². The van der Waals surface area contributed by atoms with Crippen LogP contribution in [0.5, 0.6) is 0 Å². The van der Waals surface area contributed by atoms with Gasteiger partial charge in [0, 0.05) is 24.9 Å². The van der Waals surface area contributed by atoms with Gasteiger partial charge < -0.3 is 15.0 Å². The second-order valence-electron chi connectivity index (χ2n) is 4.82. The predicted molar refractivity (Wildman–Crippen MR) is 65.5 cm³/mol. The predicted octanol–water partition coefficient (Wildman–Crippen LogP) is 0.656. The third-order valence-corrected chi connectivity index (χ3v) is 3.12. The van der Waals surface area contributed by atoms with Gasteiger partial charge in [0.1, 0.15) is 6.33 Å². The highest BCUT2D eigenvalue weighted by Gasteiger charge is 2.13. The van der Waals surface area contributed by atoms with E-state index in [4.69, 9.17) is 0 Å². The molecule has 1 aromatic heterocycles. The normalized spacial score (nSPS) is 14.1. The van der Waals surface area contributed by atoms with Crippen LogP contribution in [0.25, 0.3) is 0 Å². The number of β-amino-alcohol motifs (C(OH)–C–C–N with tert-alkyl or cyclic N) is 1. The standard InChI is InChI=1S/C10H20N4OS/c1-10(2,3)11-5-8(15)6-16-9-13-12-7-14(9)4/h7-8,11,15H,5-6H2,1-4H3. The molecule has 0 fully saturated rings. The van der Waals surface area contributed by atoms with Crippen molar-refractivity contribution >= 4 is 11.8 Å². The number of nitrogens with zero attached hydrogens (tertiary/aromatic N) is 3. The van der Waals surface area contributed by atoms with Gasteiger partial charge in [-0.05, 0) is 20.8 Å². The summed E-state index contributed by atoms with van der Waals surface area (Å²) in [6.45, 7) is 6.83. The summed E-state index contributed by atoms with van der Waals surface area (Å²) in [5.74, 6) is 0.621. The van der Waals surface area contributed by atoms with Gasteiger partial charge in [-0.1, -0.05) is 11.8 Å². The molecular weight excluding hydrogens is 224 g/mol. The molecule has 0 bridgehead atoms. The molecule has 92 valence electrons. The number of thioether (sulfide) groups is 1. The molecule has 0 saturated heterocycles. The van der Waals surface area contributed by atoms with E-state index < -0.39 is 0 Å². The van der Waals surface area contributed by atoms with Crippen molar-refractivity contribution in [2.24, 2.45) is 7.05 Å². The minimum absolute atomic E-state index is 0.0381. The topological polar surface area (TPSA) is 63.0 Å². The second-order valence-corrected chi connectivity index (χ2v) is 5.81. The maximum Gasteiger partial charge on any atom is 0.190 e. The molecule has 1 unspecified atom stereocenters. The van der Waals surface area contributed by atoms with Crippen molar-refractivity contribution in [3.63, 3.8) is 0 Å². The highest BCUT2D eigenvalue weighted by molar-refractivity contribution is 7.99. The summed E-state index contributed by atoms with van der Waals surface area (Å²) in [5, 5.41) is 21.6. The lowest BCUT2D eigenvalue weighted by molar-refractivity contribution is 0.183. The van der Waals surface area contributed by atoms with Crippen molar-refractivity contribution in [2.45, 2.75) is 37.6 Å². The number of aromatic nitrogens is 3. The number of hydrogen-bond donors (Lipinski definition) is 2. The summed E-state index contributed by atoms with van der Waals surface area (Å²) < 4.78 is 1.84. The summed E-state index contributed by atoms with van der Waals surface area (Å²) in [4.78, 5) is 0. The van der Waals surface area contributed by atoms with Crippen LogP contribution < -0.4 is 5.32 Å². The van der Waals surface area contributed by atoms with Crippen molar-refractivity contribution in [1.82, 2.24) is 20.1 Å². The molecule has 0 spiro atoms. The molecule has 0 radical (unpaired) electrons. The first-order valence-electron chi connectivity index (χ1n) is 5.28. The summed E-state index contributed by atoms with van der Waals surface area (Å²) in [5.41, 5.74) is 0.0381. The van der Waals surface area contributed by atoms with E-state index in [9.17, 15) is 5.11 Å². The average Bonchev–Trinajstić information content (AvgIpc) is 2.57. The van der Waals surface area contributed by atoms with Crippen LogP contribution in [0.4, 0.5) is 0 Å². The van der Waals surface area contributed by atoms with E-state index in [1.807, 2.05) is 11.6 Å². The lowest BCUT2D eigenvalue weighted by Crippen LogP contribution is -2.41. The quantitative estimate of drug-likeness (QED) is 0.745. The van der Waals surface area contributed by atoms with Crippen molar-refractivity contribution in [1.29, 1.82) is 0 Å². The lowest BCUT2D eigenvalue weighted by atomic mass is 10.1. The van der Waals surface area contributed by atoms with Gasteiger partial charge in [0.05, 0.1) is 6.10 Å². The van der Waals surface area contributed by atoms with Crippen LogP contribution in [0.2, 0.25) is 0 Å². The van der Waals surface area contributed by atoms with Crippen LogP contribution in [0.1, 0.15) is 20.8 Å². The number of rotatable bonds is 5. The fraction of sp³-hybridized carbons (Fsp3) is 0.800. The monoisotopic (exact) mass is 244 g/mol. The third-order valence-electron chi connectivity index (χ3n) is 1.94. The average molecular weight is 244 g/mol. The first-order valence-corrected chi connectivity index (χ1v) is 6.27. The molecule has 1 rings (SSSR count). The van der Waals surface area contributed by atoms with Gasteiger partial charge in [0.15, 0.2) is 5.16 Å². The minimum atomic E-state index is -0.374. The van der Waals surface area contributed by atoms with Crippen molar-refractivity contribution in [3.8, 4) is 0 Å². The molecule has 0 aliphatic carbocycles. The molecule has 0 aromatic carbocycles.